The number of hydrogen-bond donors (Lipinski definition) is 2. The Balaban J connectivity index is 1.47. The van der Waals surface area contributed by atoms with E-state index in [2.05, 4.69) is 17.2 Å². The smallest absolute Gasteiger partial charge is 0.376 e. The maximum atomic E-state index is 14.1. The van der Waals surface area contributed by atoms with E-state index in [1.165, 1.54) is 28.0 Å². The number of carbonyl (C=O) groups is 3. The van der Waals surface area contributed by atoms with Gasteiger partial charge in [0, 0.05) is 26.1 Å². The van der Waals surface area contributed by atoms with Crippen molar-refractivity contribution in [2.45, 2.75) is 43.6 Å². The summed E-state index contributed by atoms with van der Waals surface area (Å²) < 4.78 is 45.2. The maximum Gasteiger partial charge on any atom is 0.416 e. The first kappa shape index (κ1) is 28.4. The Bertz CT molecular complexity index is 1340. The van der Waals surface area contributed by atoms with E-state index in [1.807, 2.05) is 30.3 Å². The molecular weight excluding hydrogens is 537 g/mol. The van der Waals surface area contributed by atoms with Crippen LogP contribution >= 0.6 is 0 Å². The Morgan fingerprint density at radius 3 is 2.51 bits per heavy atom. The molecule has 3 atom stereocenters. The van der Waals surface area contributed by atoms with Crippen molar-refractivity contribution >= 4 is 17.8 Å². The molecular formula is C30H31F3N4O4. The summed E-state index contributed by atoms with van der Waals surface area (Å²) in [5.74, 6) is -0.814. The van der Waals surface area contributed by atoms with Crippen molar-refractivity contribution in [3.63, 3.8) is 0 Å². The summed E-state index contributed by atoms with van der Waals surface area (Å²) in [5, 5.41) is 5.70. The largest absolute Gasteiger partial charge is 0.416 e. The van der Waals surface area contributed by atoms with Crippen molar-refractivity contribution in [2.24, 2.45) is 0 Å². The number of nitrogens with one attached hydrogen (secondary N) is 2. The Labute approximate surface area is 235 Å². The van der Waals surface area contributed by atoms with Gasteiger partial charge in [-0.25, -0.2) is 4.79 Å². The highest BCUT2D eigenvalue weighted by Gasteiger charge is 2.47. The molecule has 0 aromatic heterocycles. The van der Waals surface area contributed by atoms with Gasteiger partial charge >= 0.3 is 12.2 Å². The maximum absolute atomic E-state index is 14.1. The minimum Gasteiger partial charge on any atom is -0.376 e. The molecule has 0 saturated carbocycles. The second kappa shape index (κ2) is 11.8. The van der Waals surface area contributed by atoms with Gasteiger partial charge in [-0.05, 0) is 36.1 Å². The molecule has 0 bridgehead atoms. The van der Waals surface area contributed by atoms with E-state index in [1.54, 1.807) is 0 Å². The number of alkyl halides is 3. The first-order valence-electron chi connectivity index (χ1n) is 13.5. The quantitative estimate of drug-likeness (QED) is 0.448. The van der Waals surface area contributed by atoms with Gasteiger partial charge in [0.2, 0.25) is 5.91 Å². The van der Waals surface area contributed by atoms with Gasteiger partial charge in [-0.15, -0.1) is 6.58 Å². The minimum atomic E-state index is -4.53. The average Bonchev–Trinajstić information content (AvgIpc) is 3.60. The van der Waals surface area contributed by atoms with Gasteiger partial charge in [-0.1, -0.05) is 48.5 Å². The monoisotopic (exact) mass is 568 g/mol. The summed E-state index contributed by atoms with van der Waals surface area (Å²) in [6.45, 7) is 4.76. The van der Waals surface area contributed by atoms with Gasteiger partial charge in [-0.2, -0.15) is 13.2 Å². The predicted molar refractivity (Wildman–Crippen MR) is 144 cm³/mol. The van der Waals surface area contributed by atoms with Gasteiger partial charge in [0.1, 0.15) is 6.04 Å². The number of rotatable bonds is 9. The zero-order valence-electron chi connectivity index (χ0n) is 22.3. The number of benzene rings is 2. The lowest BCUT2D eigenvalue weighted by Gasteiger charge is -2.33. The molecule has 0 radical (unpaired) electrons. The van der Waals surface area contributed by atoms with E-state index in [-0.39, 0.29) is 37.1 Å². The van der Waals surface area contributed by atoms with Crippen LogP contribution in [0.5, 0.6) is 0 Å². The number of ether oxygens (including phenoxy) is 1. The fourth-order valence-corrected chi connectivity index (χ4v) is 5.52. The molecule has 8 nitrogen and oxygen atoms in total. The number of amides is 4. The van der Waals surface area contributed by atoms with E-state index in [9.17, 15) is 27.6 Å². The van der Waals surface area contributed by atoms with Crippen molar-refractivity contribution < 1.29 is 32.3 Å². The summed E-state index contributed by atoms with van der Waals surface area (Å²) >= 11 is 0. The van der Waals surface area contributed by atoms with E-state index < -0.39 is 35.8 Å². The lowest BCUT2D eigenvalue weighted by molar-refractivity contribution is -0.137. The van der Waals surface area contributed by atoms with Crippen LogP contribution < -0.4 is 10.6 Å². The van der Waals surface area contributed by atoms with E-state index in [4.69, 9.17) is 4.74 Å². The molecule has 1 fully saturated rings. The molecule has 3 heterocycles. The molecule has 2 aromatic carbocycles. The predicted octanol–water partition coefficient (Wildman–Crippen LogP) is 3.96. The fourth-order valence-electron chi connectivity index (χ4n) is 5.52. The van der Waals surface area contributed by atoms with Crippen molar-refractivity contribution in [3.05, 3.63) is 95.2 Å². The van der Waals surface area contributed by atoms with Crippen LogP contribution in [0.2, 0.25) is 0 Å². The zero-order valence-corrected chi connectivity index (χ0v) is 22.3. The molecule has 5 rings (SSSR count). The third-order valence-electron chi connectivity index (χ3n) is 7.61. The lowest BCUT2D eigenvalue weighted by atomic mass is 9.94. The van der Waals surface area contributed by atoms with Crippen LogP contribution in [0.4, 0.5) is 18.0 Å². The van der Waals surface area contributed by atoms with Crippen LogP contribution in [-0.4, -0.2) is 66.0 Å². The molecule has 0 unspecified atom stereocenters. The fraction of sp³-hybridized carbons (Fsp3) is 0.367. The highest BCUT2D eigenvalue weighted by molar-refractivity contribution is 6.03. The molecule has 11 heteroatoms. The second-order valence-corrected chi connectivity index (χ2v) is 10.3. The normalized spacial score (nSPS) is 21.5. The van der Waals surface area contributed by atoms with Crippen LogP contribution in [0.25, 0.3) is 0 Å². The summed E-state index contributed by atoms with van der Waals surface area (Å²) in [6.07, 6.45) is -1.11. The highest BCUT2D eigenvalue weighted by atomic mass is 19.4. The van der Waals surface area contributed by atoms with Crippen LogP contribution in [0.15, 0.2) is 78.5 Å². The third-order valence-corrected chi connectivity index (χ3v) is 7.61. The van der Waals surface area contributed by atoms with Crippen molar-refractivity contribution in [2.75, 3.05) is 26.2 Å². The molecule has 0 spiro atoms. The van der Waals surface area contributed by atoms with Gasteiger partial charge in [0.15, 0.2) is 0 Å². The van der Waals surface area contributed by atoms with E-state index >= 15 is 0 Å². The standard InChI is InChI=1S/C30H31F3N4O4/c1-2-14-36-24-18-37(23(16-19-7-4-3-5-8-19)27(38)34-17-22-9-6-15-41-22)28(39)25(24)26(35-29(36)40)20-10-12-21(13-11-20)30(31,32)33/h2-5,7-8,10-13,22-23,26H,1,6,9,14-18H2,(H,34,38)(H,35,40)/t22-,23-,26-/m1/s1. The number of urea groups is 1. The Morgan fingerprint density at radius 2 is 1.88 bits per heavy atom. The van der Waals surface area contributed by atoms with Crippen LogP contribution in [0.3, 0.4) is 0 Å². The molecule has 0 aliphatic carbocycles. The summed E-state index contributed by atoms with van der Waals surface area (Å²) in [7, 11) is 0. The molecule has 2 N–H and O–H groups in total. The van der Waals surface area contributed by atoms with Crippen molar-refractivity contribution in [1.29, 1.82) is 0 Å². The molecule has 3 aliphatic rings. The first-order chi connectivity index (χ1) is 19.7. The third kappa shape index (κ3) is 6.00. The number of hydrogen-bond acceptors (Lipinski definition) is 4. The average molecular weight is 569 g/mol. The van der Waals surface area contributed by atoms with Gasteiger partial charge in [0.25, 0.3) is 5.91 Å². The van der Waals surface area contributed by atoms with Gasteiger partial charge in [-0.3, -0.25) is 14.5 Å². The molecule has 3 aliphatic heterocycles. The number of carbonyl (C=O) groups excluding carboxylic acids is 3. The molecule has 1 saturated heterocycles. The van der Waals surface area contributed by atoms with Gasteiger partial charge < -0.3 is 20.3 Å². The summed E-state index contributed by atoms with van der Waals surface area (Å²) in [5.41, 5.74) is 0.953. The van der Waals surface area contributed by atoms with Crippen molar-refractivity contribution in [3.8, 4) is 0 Å². The SMILES string of the molecule is C=CCN1C(=O)N[C@H](c2ccc(C(F)(F)F)cc2)C2=C1CN([C@H](Cc1ccccc1)C(=O)NC[C@H]1CCCO1)C2=O. The minimum absolute atomic E-state index is 0.0165. The second-order valence-electron chi connectivity index (χ2n) is 10.3. The Morgan fingerprint density at radius 1 is 1.15 bits per heavy atom. The van der Waals surface area contributed by atoms with E-state index in [0.29, 0.717) is 24.4 Å². The molecule has 216 valence electrons. The van der Waals surface area contributed by atoms with Crippen LogP contribution in [0.1, 0.15) is 35.6 Å². The highest BCUT2D eigenvalue weighted by Crippen LogP contribution is 2.38. The van der Waals surface area contributed by atoms with Crippen molar-refractivity contribution in [1.82, 2.24) is 20.4 Å². The van der Waals surface area contributed by atoms with E-state index in [0.717, 1.165) is 30.5 Å². The summed E-state index contributed by atoms with van der Waals surface area (Å²) in [6, 6.07) is 11.3. The van der Waals surface area contributed by atoms with Crippen LogP contribution in [0, 0.1) is 0 Å². The van der Waals surface area contributed by atoms with Crippen LogP contribution in [-0.2, 0) is 26.9 Å². The first-order valence-corrected chi connectivity index (χ1v) is 13.5. The molecule has 2 aromatic rings. The molecule has 41 heavy (non-hydrogen) atoms. The number of nitrogens with zero attached hydrogens (tertiary/aromatic N) is 2. The Hall–Kier alpha value is -4.12. The molecule has 4 amide bonds. The topological polar surface area (TPSA) is 91.0 Å². The lowest BCUT2D eigenvalue weighted by Crippen LogP contribution is -2.51. The zero-order chi connectivity index (χ0) is 29.1. The summed E-state index contributed by atoms with van der Waals surface area (Å²) in [4.78, 5) is 43.6. The number of halogens is 3. The van der Waals surface area contributed by atoms with Gasteiger partial charge in [0.05, 0.1) is 35.5 Å². The Kier molecular flexibility index (Phi) is 8.16.